The fourth-order valence-corrected chi connectivity index (χ4v) is 2.85. The number of hydrogen-bond acceptors (Lipinski definition) is 7. The van der Waals surface area contributed by atoms with E-state index in [-0.39, 0.29) is 18.7 Å². The number of carbonyl (C=O) groups excluding carboxylic acids is 1. The number of thioether (sulfide) groups is 1. The number of aliphatic carboxylic acids is 1. The topological polar surface area (TPSA) is 93.9 Å². The number of rotatable bonds is 6. The van der Waals surface area contributed by atoms with Crippen molar-refractivity contribution < 1.29 is 19.4 Å². The molecule has 1 aliphatic rings. The molecule has 0 unspecified atom stereocenters. The highest BCUT2D eigenvalue weighted by molar-refractivity contribution is 8.02. The van der Waals surface area contributed by atoms with Crippen LogP contribution in [0.4, 0.5) is 0 Å². The smallest absolute Gasteiger partial charge is 0.351 e. The number of carboxylic acid groups (broad SMARTS) is 1. The molecule has 0 aliphatic carbocycles. The summed E-state index contributed by atoms with van der Waals surface area (Å²) in [6.45, 7) is 4.24. The van der Waals surface area contributed by atoms with Crippen molar-refractivity contribution in [2.24, 2.45) is 0 Å². The average molecular weight is 313 g/mol. The summed E-state index contributed by atoms with van der Waals surface area (Å²) in [5.74, 6) is -1.47. The molecule has 1 fully saturated rings. The van der Waals surface area contributed by atoms with Gasteiger partial charge in [0.05, 0.1) is 18.2 Å². The van der Waals surface area contributed by atoms with Gasteiger partial charge < -0.3 is 14.7 Å². The number of carbonyl (C=O) groups is 2. The number of nitrogens with zero attached hydrogens (tertiary/aromatic N) is 3. The predicted molar refractivity (Wildman–Crippen MR) is 78.4 cm³/mol. The Morgan fingerprint density at radius 3 is 2.38 bits per heavy atom. The first-order chi connectivity index (χ1) is 10.0. The van der Waals surface area contributed by atoms with Crippen molar-refractivity contribution in [1.29, 1.82) is 5.26 Å². The van der Waals surface area contributed by atoms with Crippen molar-refractivity contribution in [2.45, 2.75) is 6.92 Å². The number of nitriles is 1. The third-order valence-corrected chi connectivity index (χ3v) is 3.87. The standard InChI is InChI=1S/C13H19N3O4S/c1-3-20-13(19)10(8-14)12(21-2)16-6-4-15(5-7-16)9-11(17)18/h3-7,9H2,1-2H3,(H,17,18)/b12-10-. The van der Waals surface area contributed by atoms with Gasteiger partial charge in [-0.3, -0.25) is 9.69 Å². The Labute approximate surface area is 128 Å². The van der Waals surface area contributed by atoms with Crippen LogP contribution in [-0.2, 0) is 14.3 Å². The van der Waals surface area contributed by atoms with Gasteiger partial charge in [-0.2, -0.15) is 5.26 Å². The minimum atomic E-state index is -0.853. The molecule has 0 amide bonds. The lowest BCUT2D eigenvalue weighted by molar-refractivity contribution is -0.139. The molecule has 1 N–H and O–H groups in total. The molecule has 21 heavy (non-hydrogen) atoms. The quantitative estimate of drug-likeness (QED) is 0.426. The Morgan fingerprint density at radius 2 is 1.95 bits per heavy atom. The molecule has 7 nitrogen and oxygen atoms in total. The van der Waals surface area contributed by atoms with Gasteiger partial charge in [-0.25, -0.2) is 4.79 Å². The fourth-order valence-electron chi connectivity index (χ4n) is 2.07. The second-order valence-electron chi connectivity index (χ2n) is 4.37. The van der Waals surface area contributed by atoms with E-state index in [0.29, 0.717) is 31.2 Å². The van der Waals surface area contributed by atoms with E-state index in [1.807, 2.05) is 15.9 Å². The summed E-state index contributed by atoms with van der Waals surface area (Å²) < 4.78 is 4.89. The van der Waals surface area contributed by atoms with E-state index >= 15 is 0 Å². The summed E-state index contributed by atoms with van der Waals surface area (Å²) >= 11 is 1.33. The molecule has 1 heterocycles. The number of esters is 1. The molecule has 0 atom stereocenters. The number of piperazine rings is 1. The second kappa shape index (κ2) is 8.54. The largest absolute Gasteiger partial charge is 0.480 e. The highest BCUT2D eigenvalue weighted by Crippen LogP contribution is 2.24. The van der Waals surface area contributed by atoms with Crippen LogP contribution < -0.4 is 0 Å². The highest BCUT2D eigenvalue weighted by atomic mass is 32.2. The molecule has 116 valence electrons. The third-order valence-electron chi connectivity index (χ3n) is 3.02. The monoisotopic (exact) mass is 313 g/mol. The van der Waals surface area contributed by atoms with Crippen LogP contribution in [0.1, 0.15) is 6.92 Å². The first-order valence-corrected chi connectivity index (χ1v) is 7.80. The van der Waals surface area contributed by atoms with Crippen LogP contribution >= 0.6 is 11.8 Å². The van der Waals surface area contributed by atoms with Crippen molar-refractivity contribution in [3.05, 3.63) is 10.6 Å². The zero-order valence-corrected chi connectivity index (χ0v) is 13.0. The second-order valence-corrected chi connectivity index (χ2v) is 5.17. The van der Waals surface area contributed by atoms with Gasteiger partial charge >= 0.3 is 11.9 Å². The molecule has 1 aliphatic heterocycles. The van der Waals surface area contributed by atoms with Crippen molar-refractivity contribution >= 4 is 23.7 Å². The Morgan fingerprint density at radius 1 is 1.33 bits per heavy atom. The maximum absolute atomic E-state index is 11.8. The molecule has 0 spiro atoms. The number of ether oxygens (including phenoxy) is 1. The van der Waals surface area contributed by atoms with Gasteiger partial charge in [-0.05, 0) is 13.2 Å². The highest BCUT2D eigenvalue weighted by Gasteiger charge is 2.25. The van der Waals surface area contributed by atoms with E-state index in [2.05, 4.69) is 0 Å². The molecular formula is C13H19N3O4S. The van der Waals surface area contributed by atoms with E-state index in [1.54, 1.807) is 13.2 Å². The SMILES string of the molecule is CCOC(=O)/C(C#N)=C(\SC)N1CCN(CC(=O)O)CC1. The molecule has 1 rings (SSSR count). The van der Waals surface area contributed by atoms with Gasteiger partial charge in [0.2, 0.25) is 0 Å². The molecule has 0 radical (unpaired) electrons. The summed E-state index contributed by atoms with van der Waals surface area (Å²) in [4.78, 5) is 26.2. The van der Waals surface area contributed by atoms with Crippen LogP contribution in [0.2, 0.25) is 0 Å². The summed E-state index contributed by atoms with van der Waals surface area (Å²) in [7, 11) is 0. The first-order valence-electron chi connectivity index (χ1n) is 6.58. The summed E-state index contributed by atoms with van der Waals surface area (Å²) in [6, 6.07) is 1.91. The zero-order chi connectivity index (χ0) is 15.8. The molecule has 1 saturated heterocycles. The van der Waals surface area contributed by atoms with E-state index in [9.17, 15) is 14.9 Å². The Hall–Kier alpha value is -1.72. The lowest BCUT2D eigenvalue weighted by Crippen LogP contribution is -2.47. The zero-order valence-electron chi connectivity index (χ0n) is 12.2. The summed E-state index contributed by atoms with van der Waals surface area (Å²) in [5.41, 5.74) is 0.0102. The van der Waals surface area contributed by atoms with Gasteiger partial charge in [0.25, 0.3) is 0 Å². The molecule has 0 aromatic heterocycles. The van der Waals surface area contributed by atoms with Crippen molar-refractivity contribution in [3.8, 4) is 6.07 Å². The Balaban J connectivity index is 2.79. The van der Waals surface area contributed by atoms with E-state index in [4.69, 9.17) is 9.84 Å². The minimum absolute atomic E-state index is 0.00907. The summed E-state index contributed by atoms with van der Waals surface area (Å²) in [6.07, 6.45) is 1.80. The van der Waals surface area contributed by atoms with E-state index in [0.717, 1.165) is 0 Å². The van der Waals surface area contributed by atoms with Crippen molar-refractivity contribution in [3.63, 3.8) is 0 Å². The van der Waals surface area contributed by atoms with Gasteiger partial charge in [-0.15, -0.1) is 11.8 Å². The van der Waals surface area contributed by atoms with Crippen molar-refractivity contribution in [1.82, 2.24) is 9.80 Å². The molecule has 0 saturated carbocycles. The van der Waals surface area contributed by atoms with Gasteiger partial charge in [0, 0.05) is 26.2 Å². The van der Waals surface area contributed by atoms with Gasteiger partial charge in [-0.1, -0.05) is 0 Å². The maximum atomic E-state index is 11.8. The average Bonchev–Trinajstić information content (AvgIpc) is 2.45. The number of carboxylic acids is 1. The normalized spacial score (nSPS) is 16.9. The van der Waals surface area contributed by atoms with E-state index < -0.39 is 11.9 Å². The van der Waals surface area contributed by atoms with Crippen molar-refractivity contribution in [2.75, 3.05) is 45.6 Å². The lowest BCUT2D eigenvalue weighted by atomic mass is 10.2. The molecule has 0 aromatic carbocycles. The Kier molecular flexibility index (Phi) is 7.05. The maximum Gasteiger partial charge on any atom is 0.351 e. The van der Waals surface area contributed by atoms with Crippen LogP contribution in [0.5, 0.6) is 0 Å². The fraction of sp³-hybridized carbons (Fsp3) is 0.615. The molecule has 0 aromatic rings. The third kappa shape index (κ3) is 4.95. The van der Waals surface area contributed by atoms with Gasteiger partial charge in [0.15, 0.2) is 5.57 Å². The van der Waals surface area contributed by atoms with Gasteiger partial charge in [0.1, 0.15) is 6.07 Å². The Bertz CT molecular complexity index is 465. The predicted octanol–water partition coefficient (Wildman–Crippen LogP) is 0.350. The van der Waals surface area contributed by atoms with Crippen LogP contribution in [0.3, 0.4) is 0 Å². The minimum Gasteiger partial charge on any atom is -0.480 e. The number of hydrogen-bond donors (Lipinski definition) is 1. The van der Waals surface area contributed by atoms with Crippen LogP contribution in [0.25, 0.3) is 0 Å². The van der Waals surface area contributed by atoms with Crippen LogP contribution in [0, 0.1) is 11.3 Å². The molecule has 0 bridgehead atoms. The first kappa shape index (κ1) is 17.3. The van der Waals surface area contributed by atoms with Crippen LogP contribution in [-0.4, -0.2) is 72.4 Å². The lowest BCUT2D eigenvalue weighted by Gasteiger charge is -2.36. The van der Waals surface area contributed by atoms with E-state index in [1.165, 1.54) is 11.8 Å². The van der Waals surface area contributed by atoms with Crippen LogP contribution in [0.15, 0.2) is 10.6 Å². The summed E-state index contributed by atoms with van der Waals surface area (Å²) in [5, 5.41) is 18.6. The molecule has 8 heteroatoms. The molecular weight excluding hydrogens is 294 g/mol.